The minimum atomic E-state index is -0.149. The van der Waals surface area contributed by atoms with E-state index in [1.54, 1.807) is 29.2 Å². The van der Waals surface area contributed by atoms with Crippen molar-refractivity contribution < 1.29 is 4.79 Å². The maximum Gasteiger partial charge on any atom is 0.321 e. The van der Waals surface area contributed by atoms with Crippen LogP contribution in [0.4, 0.5) is 10.5 Å². The van der Waals surface area contributed by atoms with Gasteiger partial charge in [0.1, 0.15) is 0 Å². The van der Waals surface area contributed by atoms with E-state index in [1.165, 1.54) is 0 Å². The molecule has 1 aliphatic rings. The predicted octanol–water partition coefficient (Wildman–Crippen LogP) is 4.45. The predicted molar refractivity (Wildman–Crippen MR) is 128 cm³/mol. The maximum atomic E-state index is 12.8. The summed E-state index contributed by atoms with van der Waals surface area (Å²) in [5.41, 5.74) is 2.98. The van der Waals surface area contributed by atoms with Crippen molar-refractivity contribution in [2.75, 3.05) is 25.0 Å². The first-order valence-corrected chi connectivity index (χ1v) is 11.1. The van der Waals surface area contributed by atoms with E-state index in [0.29, 0.717) is 42.8 Å². The molecule has 0 aliphatic carbocycles. The molecule has 1 unspecified atom stereocenters. The van der Waals surface area contributed by atoms with Crippen molar-refractivity contribution in [1.29, 1.82) is 5.26 Å². The van der Waals surface area contributed by atoms with Crippen LogP contribution in [0.5, 0.6) is 0 Å². The fourth-order valence-electron chi connectivity index (χ4n) is 3.76. The molecule has 168 valence electrons. The number of carbonyl (C=O) groups excluding carboxylic acids is 1. The highest BCUT2D eigenvalue weighted by Gasteiger charge is 2.33. The monoisotopic (exact) mass is 452 g/mol. The molecule has 32 heavy (non-hydrogen) atoms. The molecule has 1 heterocycles. The molecule has 2 aromatic rings. The van der Waals surface area contributed by atoms with Gasteiger partial charge in [-0.05, 0) is 48.2 Å². The molecule has 7 nitrogen and oxygen atoms in total. The molecule has 1 aliphatic heterocycles. The highest BCUT2D eigenvalue weighted by molar-refractivity contribution is 6.30. The minimum Gasteiger partial charge on any atom is -0.335 e. The van der Waals surface area contributed by atoms with E-state index >= 15 is 0 Å². The lowest BCUT2D eigenvalue weighted by molar-refractivity contribution is 0.118. The topological polar surface area (TPSA) is 83.8 Å². The molecule has 2 aromatic carbocycles. The third kappa shape index (κ3) is 5.92. The van der Waals surface area contributed by atoms with Crippen LogP contribution in [0.15, 0.2) is 53.5 Å². The van der Waals surface area contributed by atoms with Gasteiger partial charge in [-0.2, -0.15) is 5.26 Å². The van der Waals surface area contributed by atoms with Crippen LogP contribution in [-0.4, -0.2) is 47.5 Å². The van der Waals surface area contributed by atoms with Gasteiger partial charge in [-0.25, -0.2) is 9.79 Å². The number of aryl methyl sites for hydroxylation is 1. The van der Waals surface area contributed by atoms with E-state index < -0.39 is 0 Å². The Balaban J connectivity index is 1.73. The van der Waals surface area contributed by atoms with Gasteiger partial charge in [0.05, 0.1) is 12.6 Å². The average Bonchev–Trinajstić information content (AvgIpc) is 2.78. The van der Waals surface area contributed by atoms with Gasteiger partial charge < -0.3 is 15.1 Å². The number of anilines is 1. The lowest BCUT2D eigenvalue weighted by Gasteiger charge is -2.44. The van der Waals surface area contributed by atoms with E-state index in [0.717, 1.165) is 11.1 Å². The van der Waals surface area contributed by atoms with Gasteiger partial charge in [-0.3, -0.25) is 5.32 Å². The fourth-order valence-corrected chi connectivity index (χ4v) is 3.89. The summed E-state index contributed by atoms with van der Waals surface area (Å²) >= 11 is 5.93. The van der Waals surface area contributed by atoms with Crippen molar-refractivity contribution in [3.8, 4) is 6.19 Å². The zero-order chi connectivity index (χ0) is 23.1. The highest BCUT2D eigenvalue weighted by atomic mass is 35.5. The number of benzene rings is 2. The van der Waals surface area contributed by atoms with Crippen LogP contribution < -0.4 is 10.6 Å². The van der Waals surface area contributed by atoms with Crippen LogP contribution in [-0.2, 0) is 6.54 Å². The summed E-state index contributed by atoms with van der Waals surface area (Å²) in [5, 5.41) is 15.6. The number of hydrogen-bond acceptors (Lipinski definition) is 3. The van der Waals surface area contributed by atoms with Crippen LogP contribution in [0.2, 0.25) is 5.02 Å². The summed E-state index contributed by atoms with van der Waals surface area (Å²) in [6.45, 7) is 8.41. The van der Waals surface area contributed by atoms with Gasteiger partial charge in [-0.15, -0.1) is 0 Å². The number of carbonyl (C=O) groups is 1. The highest BCUT2D eigenvalue weighted by Crippen LogP contribution is 2.20. The number of urea groups is 1. The largest absolute Gasteiger partial charge is 0.335 e. The number of rotatable bonds is 4. The average molecular weight is 453 g/mol. The standard InChI is InChI=1S/C24H29ClN6O/c1-17(2)22-15-30(24(32)29-21-10-8-20(25)9-11-21)12-13-31(22)23(28-16-26)27-14-19-7-5-4-6-18(19)3/h4-11,17,22H,12-15H2,1-3H3,(H,27,28)(H,29,32). The number of aliphatic imine (C=N–C) groups is 1. The lowest BCUT2D eigenvalue weighted by Crippen LogP contribution is -2.60. The molecule has 2 N–H and O–H groups in total. The van der Waals surface area contributed by atoms with Crippen LogP contribution in [0.3, 0.4) is 0 Å². The molecule has 2 amide bonds. The Morgan fingerprint density at radius 1 is 1.22 bits per heavy atom. The summed E-state index contributed by atoms with van der Waals surface area (Å²) in [5.74, 6) is 0.803. The van der Waals surface area contributed by atoms with Gasteiger partial charge >= 0.3 is 6.03 Å². The molecule has 1 saturated heterocycles. The molecular weight excluding hydrogens is 424 g/mol. The molecule has 8 heteroatoms. The number of amides is 2. The number of halogens is 1. The third-order valence-electron chi connectivity index (χ3n) is 5.67. The number of guanidine groups is 1. The molecule has 0 saturated carbocycles. The van der Waals surface area contributed by atoms with E-state index in [2.05, 4.69) is 42.4 Å². The van der Waals surface area contributed by atoms with Crippen LogP contribution in [0.1, 0.15) is 25.0 Å². The second-order valence-corrected chi connectivity index (χ2v) is 8.63. The van der Waals surface area contributed by atoms with E-state index in [-0.39, 0.29) is 18.0 Å². The third-order valence-corrected chi connectivity index (χ3v) is 5.92. The number of nitrogens with zero attached hydrogens (tertiary/aromatic N) is 4. The van der Waals surface area contributed by atoms with Gasteiger partial charge in [0.2, 0.25) is 5.96 Å². The van der Waals surface area contributed by atoms with Gasteiger partial charge in [0.15, 0.2) is 6.19 Å². The number of nitrogens with one attached hydrogen (secondary N) is 2. The summed E-state index contributed by atoms with van der Waals surface area (Å²) < 4.78 is 0. The quantitative estimate of drug-likeness (QED) is 0.310. The zero-order valence-electron chi connectivity index (χ0n) is 18.7. The van der Waals surface area contributed by atoms with Crippen LogP contribution in [0, 0.1) is 24.3 Å². The van der Waals surface area contributed by atoms with Crippen molar-refractivity contribution in [2.45, 2.75) is 33.4 Å². The number of piperazine rings is 1. The Hall–Kier alpha value is -3.24. The van der Waals surface area contributed by atoms with Crippen molar-refractivity contribution >= 4 is 29.3 Å². The summed E-state index contributed by atoms with van der Waals surface area (Å²) in [6, 6.07) is 15.0. The number of hydrogen-bond donors (Lipinski definition) is 2. The summed E-state index contributed by atoms with van der Waals surface area (Å²) in [4.78, 5) is 21.5. The molecule has 0 spiro atoms. The summed E-state index contributed by atoms with van der Waals surface area (Å²) in [6.07, 6.45) is 2.02. The van der Waals surface area contributed by atoms with Crippen molar-refractivity contribution in [3.63, 3.8) is 0 Å². The molecule has 0 aromatic heterocycles. The van der Waals surface area contributed by atoms with E-state index in [9.17, 15) is 10.1 Å². The van der Waals surface area contributed by atoms with Crippen molar-refractivity contribution in [1.82, 2.24) is 15.1 Å². The minimum absolute atomic E-state index is 0.0242. The second kappa shape index (κ2) is 10.9. The zero-order valence-corrected chi connectivity index (χ0v) is 19.4. The molecule has 1 atom stereocenters. The van der Waals surface area contributed by atoms with Gasteiger partial charge in [0.25, 0.3) is 0 Å². The lowest BCUT2D eigenvalue weighted by atomic mass is 10.00. The Kier molecular flexibility index (Phi) is 7.96. The van der Waals surface area contributed by atoms with E-state index in [4.69, 9.17) is 16.6 Å². The Labute approximate surface area is 194 Å². The molecular formula is C24H29ClN6O. The molecule has 0 bridgehead atoms. The Bertz CT molecular complexity index is 998. The number of nitriles is 1. The first-order chi connectivity index (χ1) is 15.4. The molecule has 0 radical (unpaired) electrons. The Morgan fingerprint density at radius 3 is 2.59 bits per heavy atom. The smallest absolute Gasteiger partial charge is 0.321 e. The summed E-state index contributed by atoms with van der Waals surface area (Å²) in [7, 11) is 0. The first kappa shape index (κ1) is 23.4. The van der Waals surface area contributed by atoms with Crippen LogP contribution in [0.25, 0.3) is 0 Å². The Morgan fingerprint density at radius 2 is 1.94 bits per heavy atom. The fraction of sp³-hybridized carbons (Fsp3) is 0.375. The van der Waals surface area contributed by atoms with Crippen LogP contribution >= 0.6 is 11.6 Å². The second-order valence-electron chi connectivity index (χ2n) is 8.19. The molecule has 3 rings (SSSR count). The first-order valence-electron chi connectivity index (χ1n) is 10.7. The SMILES string of the molecule is Cc1ccccc1CN=C(NC#N)N1CCN(C(=O)Nc2ccc(Cl)cc2)CC1C(C)C. The maximum absolute atomic E-state index is 12.8. The van der Waals surface area contributed by atoms with Crippen molar-refractivity contribution in [2.24, 2.45) is 10.9 Å². The molecule has 1 fully saturated rings. The van der Waals surface area contributed by atoms with Gasteiger partial charge in [0, 0.05) is 30.3 Å². The van der Waals surface area contributed by atoms with E-state index in [1.807, 2.05) is 24.4 Å². The van der Waals surface area contributed by atoms with Crippen molar-refractivity contribution in [3.05, 3.63) is 64.7 Å². The van der Waals surface area contributed by atoms with Gasteiger partial charge in [-0.1, -0.05) is 49.7 Å². The normalized spacial score (nSPS) is 16.6.